The Morgan fingerprint density at radius 3 is 2.51 bits per heavy atom. The van der Waals surface area contributed by atoms with Crippen molar-refractivity contribution in [3.8, 4) is 11.4 Å². The third-order valence-electron chi connectivity index (χ3n) is 5.08. The fraction of sp³-hybridized carbons (Fsp3) is 0.167. The van der Waals surface area contributed by atoms with Crippen molar-refractivity contribution in [2.45, 2.75) is 23.9 Å². The van der Waals surface area contributed by atoms with E-state index in [4.69, 9.17) is 16.3 Å². The summed E-state index contributed by atoms with van der Waals surface area (Å²) < 4.78 is 21.4. The fourth-order valence-electron chi connectivity index (χ4n) is 3.36. The zero-order valence-electron chi connectivity index (χ0n) is 18.4. The third-order valence-corrected chi connectivity index (χ3v) is 7.13. The standard InChI is InChI=1S/C24H19BrClFN4O3S/c1-15-28-29-24(31(15)20-9-5-18(26)6-10-20)35-23(13-30(32)33)17-4-11-22(21(25)12-17)34-14-16-2-7-19(27)8-3-16/h2-12,23H,13-14H2,1H3/t23-/m0/s1. The van der Waals surface area contributed by atoms with Crippen molar-refractivity contribution in [3.05, 3.63) is 109 Å². The third kappa shape index (κ3) is 6.39. The molecule has 3 aromatic carbocycles. The Balaban J connectivity index is 1.56. The summed E-state index contributed by atoms with van der Waals surface area (Å²) in [5.41, 5.74) is 2.36. The first-order chi connectivity index (χ1) is 16.8. The number of nitrogens with zero attached hydrogens (tertiary/aromatic N) is 4. The van der Waals surface area contributed by atoms with Gasteiger partial charge in [-0.2, -0.15) is 0 Å². The van der Waals surface area contributed by atoms with Crippen LogP contribution in [0.15, 0.2) is 76.4 Å². The van der Waals surface area contributed by atoms with Crippen LogP contribution >= 0.6 is 39.3 Å². The number of hydrogen-bond acceptors (Lipinski definition) is 6. The molecule has 0 aliphatic heterocycles. The van der Waals surface area contributed by atoms with Gasteiger partial charge >= 0.3 is 0 Å². The van der Waals surface area contributed by atoms with Crippen LogP contribution in [0.4, 0.5) is 4.39 Å². The van der Waals surface area contributed by atoms with Gasteiger partial charge in [-0.15, -0.1) is 10.2 Å². The van der Waals surface area contributed by atoms with Crippen LogP contribution in [0, 0.1) is 22.9 Å². The summed E-state index contributed by atoms with van der Waals surface area (Å²) >= 11 is 10.8. The molecule has 0 amide bonds. The number of thioether (sulfide) groups is 1. The zero-order chi connectivity index (χ0) is 24.9. The normalized spacial score (nSPS) is 11.9. The average molecular weight is 578 g/mol. The number of aryl methyl sites for hydroxylation is 1. The lowest BCUT2D eigenvalue weighted by Gasteiger charge is -2.16. The van der Waals surface area contributed by atoms with Gasteiger partial charge in [-0.05, 0) is 82.5 Å². The Morgan fingerprint density at radius 1 is 1.14 bits per heavy atom. The van der Waals surface area contributed by atoms with E-state index in [0.717, 1.165) is 16.8 Å². The number of halogens is 3. The van der Waals surface area contributed by atoms with Crippen molar-refractivity contribution >= 4 is 39.3 Å². The summed E-state index contributed by atoms with van der Waals surface area (Å²) in [5.74, 6) is 0.916. The molecule has 0 radical (unpaired) electrons. The van der Waals surface area contributed by atoms with Crippen molar-refractivity contribution in [3.63, 3.8) is 0 Å². The Kier molecular flexibility index (Phi) is 8.04. The zero-order valence-corrected chi connectivity index (χ0v) is 21.6. The first kappa shape index (κ1) is 25.2. The van der Waals surface area contributed by atoms with E-state index < -0.39 is 5.25 Å². The van der Waals surface area contributed by atoms with Crippen LogP contribution in [-0.2, 0) is 6.61 Å². The molecule has 0 aliphatic rings. The maximum Gasteiger partial charge on any atom is 0.220 e. The van der Waals surface area contributed by atoms with Crippen LogP contribution < -0.4 is 4.74 Å². The maximum atomic E-state index is 13.1. The molecular weight excluding hydrogens is 559 g/mol. The van der Waals surface area contributed by atoms with Crippen LogP contribution in [0.1, 0.15) is 22.2 Å². The van der Waals surface area contributed by atoms with Gasteiger partial charge in [0.25, 0.3) is 0 Å². The molecule has 4 rings (SSSR count). The summed E-state index contributed by atoms with van der Waals surface area (Å²) in [4.78, 5) is 11.1. The molecule has 7 nitrogen and oxygen atoms in total. The van der Waals surface area contributed by atoms with E-state index >= 15 is 0 Å². The molecule has 35 heavy (non-hydrogen) atoms. The molecule has 0 spiro atoms. The molecule has 0 unspecified atom stereocenters. The first-order valence-corrected chi connectivity index (χ1v) is 12.5. The largest absolute Gasteiger partial charge is 0.488 e. The van der Waals surface area contributed by atoms with E-state index in [2.05, 4.69) is 26.1 Å². The number of hydrogen-bond donors (Lipinski definition) is 0. The van der Waals surface area contributed by atoms with Gasteiger partial charge in [-0.1, -0.05) is 41.6 Å². The first-order valence-electron chi connectivity index (χ1n) is 10.4. The Bertz CT molecular complexity index is 1340. The molecular formula is C24H19BrClFN4O3S. The van der Waals surface area contributed by atoms with E-state index in [1.807, 2.05) is 23.6 Å². The number of ether oxygens (including phenoxy) is 1. The van der Waals surface area contributed by atoms with Gasteiger partial charge in [-0.3, -0.25) is 14.7 Å². The molecule has 0 fully saturated rings. The van der Waals surface area contributed by atoms with Crippen molar-refractivity contribution in [1.29, 1.82) is 0 Å². The molecule has 1 atom stereocenters. The van der Waals surface area contributed by atoms with E-state index in [1.54, 1.807) is 42.5 Å². The van der Waals surface area contributed by atoms with Crippen LogP contribution in [0.2, 0.25) is 5.02 Å². The van der Waals surface area contributed by atoms with E-state index in [-0.39, 0.29) is 23.9 Å². The highest BCUT2D eigenvalue weighted by Crippen LogP contribution is 2.39. The Hall–Kier alpha value is -2.95. The maximum absolute atomic E-state index is 13.1. The summed E-state index contributed by atoms with van der Waals surface area (Å²) in [6.45, 7) is 1.77. The van der Waals surface area contributed by atoms with Crippen LogP contribution in [0.3, 0.4) is 0 Å². The summed E-state index contributed by atoms with van der Waals surface area (Å²) in [5, 5.41) is 20.5. The summed E-state index contributed by atoms with van der Waals surface area (Å²) in [7, 11) is 0. The number of nitro groups is 1. The highest BCUT2D eigenvalue weighted by Gasteiger charge is 2.24. The Labute approximate surface area is 218 Å². The lowest BCUT2D eigenvalue weighted by molar-refractivity contribution is -0.479. The molecule has 0 saturated carbocycles. The second-order valence-corrected chi connectivity index (χ2v) is 10.0. The topological polar surface area (TPSA) is 83.1 Å². The molecule has 1 heterocycles. The van der Waals surface area contributed by atoms with Gasteiger partial charge in [0, 0.05) is 15.6 Å². The number of benzene rings is 3. The second kappa shape index (κ2) is 11.2. The predicted octanol–water partition coefficient (Wildman–Crippen LogP) is 6.82. The van der Waals surface area contributed by atoms with Gasteiger partial charge in [0.05, 0.1) is 4.47 Å². The molecule has 4 aromatic rings. The Morgan fingerprint density at radius 2 is 1.86 bits per heavy atom. The fourth-order valence-corrected chi connectivity index (χ4v) is 5.16. The van der Waals surface area contributed by atoms with Gasteiger partial charge < -0.3 is 4.74 Å². The molecule has 1 aromatic heterocycles. The minimum absolute atomic E-state index is 0.259. The van der Waals surface area contributed by atoms with E-state index in [1.165, 1.54) is 23.9 Å². The smallest absolute Gasteiger partial charge is 0.220 e. The van der Waals surface area contributed by atoms with Crippen LogP contribution in [-0.4, -0.2) is 26.2 Å². The van der Waals surface area contributed by atoms with Gasteiger partial charge in [0.15, 0.2) is 5.16 Å². The lowest BCUT2D eigenvalue weighted by atomic mass is 10.1. The quantitative estimate of drug-likeness (QED) is 0.123. The predicted molar refractivity (Wildman–Crippen MR) is 136 cm³/mol. The molecule has 0 N–H and O–H groups in total. The van der Waals surface area contributed by atoms with Crippen LogP contribution in [0.25, 0.3) is 5.69 Å². The molecule has 0 bridgehead atoms. The van der Waals surface area contributed by atoms with Gasteiger partial charge in [0.2, 0.25) is 6.54 Å². The SMILES string of the molecule is Cc1nnc(S[C@@H](C[N+](=O)[O-])c2ccc(OCc3ccc(F)cc3)c(Br)c2)n1-c1ccc(Cl)cc1. The average Bonchev–Trinajstić information content (AvgIpc) is 3.19. The van der Waals surface area contributed by atoms with Gasteiger partial charge in [-0.25, -0.2) is 4.39 Å². The number of aromatic nitrogens is 3. The van der Waals surface area contributed by atoms with Crippen molar-refractivity contribution in [1.82, 2.24) is 14.8 Å². The molecule has 0 aliphatic carbocycles. The minimum Gasteiger partial charge on any atom is -0.488 e. The van der Waals surface area contributed by atoms with Crippen molar-refractivity contribution < 1.29 is 14.1 Å². The summed E-state index contributed by atoms with van der Waals surface area (Å²) in [6.07, 6.45) is 0. The summed E-state index contributed by atoms with van der Waals surface area (Å²) in [6, 6.07) is 18.6. The molecule has 180 valence electrons. The van der Waals surface area contributed by atoms with Crippen LogP contribution in [0.5, 0.6) is 5.75 Å². The lowest BCUT2D eigenvalue weighted by Crippen LogP contribution is -2.11. The number of rotatable bonds is 9. The van der Waals surface area contributed by atoms with E-state index in [0.29, 0.717) is 26.2 Å². The molecule has 0 saturated heterocycles. The highest BCUT2D eigenvalue weighted by atomic mass is 79.9. The highest BCUT2D eigenvalue weighted by molar-refractivity contribution is 9.10. The van der Waals surface area contributed by atoms with E-state index in [9.17, 15) is 14.5 Å². The van der Waals surface area contributed by atoms with Gasteiger partial charge in [0.1, 0.15) is 29.2 Å². The molecule has 11 heteroatoms. The van der Waals surface area contributed by atoms with Crippen molar-refractivity contribution in [2.24, 2.45) is 0 Å². The second-order valence-electron chi connectivity index (χ2n) is 7.57. The van der Waals surface area contributed by atoms with Crippen molar-refractivity contribution in [2.75, 3.05) is 6.54 Å². The minimum atomic E-state index is -0.526. The monoisotopic (exact) mass is 576 g/mol.